The van der Waals surface area contributed by atoms with Gasteiger partial charge in [0.15, 0.2) is 6.10 Å². The Morgan fingerprint density at radius 2 is 0.548 bits per heavy atom. The summed E-state index contributed by atoms with van der Waals surface area (Å²) in [7, 11) is 0. The van der Waals surface area contributed by atoms with Crippen LogP contribution in [0.4, 0.5) is 0 Å². The zero-order valence-corrected chi connectivity index (χ0v) is 48.1. The molecule has 0 amide bonds. The number of rotatable bonds is 56. The van der Waals surface area contributed by atoms with Crippen molar-refractivity contribution in [2.45, 2.75) is 309 Å². The number of ether oxygens (including phenoxy) is 3. The average Bonchev–Trinajstić information content (AvgIpc) is 3.39. The number of carbonyl (C=O) groups excluding carboxylic acids is 3. The second-order valence-electron chi connectivity index (χ2n) is 20.6. The Morgan fingerprint density at radius 1 is 0.288 bits per heavy atom. The largest absolute Gasteiger partial charge is 0.462 e. The van der Waals surface area contributed by atoms with Crippen molar-refractivity contribution in [3.05, 3.63) is 85.1 Å². The van der Waals surface area contributed by atoms with E-state index in [1.807, 2.05) is 0 Å². The molecule has 0 fully saturated rings. The molecule has 6 nitrogen and oxygen atoms in total. The SMILES string of the molecule is CC/C=C\C/C=C\C/C=C\C/C=C\C/C=C\CCCCCC(=O)OC(COC(=O)CCCCCCC/C=C\C/C=C\CCCC)COC(=O)CCCCCCCCCCCCCCCCCCCCCCCC. The molecule has 0 N–H and O–H groups in total. The van der Waals surface area contributed by atoms with E-state index in [1.54, 1.807) is 0 Å². The van der Waals surface area contributed by atoms with Gasteiger partial charge >= 0.3 is 17.9 Å². The monoisotopic (exact) mass is 1020 g/mol. The lowest BCUT2D eigenvalue weighted by Crippen LogP contribution is -2.30. The third kappa shape index (κ3) is 59.3. The van der Waals surface area contributed by atoms with Crippen LogP contribution in [0.2, 0.25) is 0 Å². The summed E-state index contributed by atoms with van der Waals surface area (Å²) in [6.45, 7) is 6.48. The molecule has 0 heterocycles. The molecule has 1 unspecified atom stereocenters. The van der Waals surface area contributed by atoms with Crippen molar-refractivity contribution in [2.75, 3.05) is 13.2 Å². The van der Waals surface area contributed by atoms with Crippen LogP contribution in [0.5, 0.6) is 0 Å². The molecule has 0 aromatic carbocycles. The van der Waals surface area contributed by atoms with Crippen LogP contribution in [-0.4, -0.2) is 37.2 Å². The summed E-state index contributed by atoms with van der Waals surface area (Å²) in [6, 6.07) is 0. The number of esters is 3. The van der Waals surface area contributed by atoms with Crippen molar-refractivity contribution >= 4 is 17.9 Å². The zero-order chi connectivity index (χ0) is 52.9. The maximum Gasteiger partial charge on any atom is 0.306 e. The van der Waals surface area contributed by atoms with E-state index in [-0.39, 0.29) is 37.5 Å². The molecule has 0 aromatic heterocycles. The van der Waals surface area contributed by atoms with Gasteiger partial charge in [-0.05, 0) is 89.9 Å². The lowest BCUT2D eigenvalue weighted by atomic mass is 10.0. The van der Waals surface area contributed by atoms with Gasteiger partial charge in [0, 0.05) is 19.3 Å². The molecule has 0 spiro atoms. The molecule has 0 radical (unpaired) electrons. The summed E-state index contributed by atoms with van der Waals surface area (Å²) < 4.78 is 16.9. The minimum atomic E-state index is -0.800. The normalized spacial score (nSPS) is 12.6. The van der Waals surface area contributed by atoms with Gasteiger partial charge in [0.25, 0.3) is 0 Å². The molecule has 0 saturated carbocycles. The van der Waals surface area contributed by atoms with Crippen LogP contribution in [0.15, 0.2) is 85.1 Å². The molecule has 0 rings (SSSR count). The Labute approximate surface area is 452 Å². The van der Waals surface area contributed by atoms with E-state index < -0.39 is 6.10 Å². The number of hydrogen-bond acceptors (Lipinski definition) is 6. The highest BCUT2D eigenvalue weighted by atomic mass is 16.6. The highest BCUT2D eigenvalue weighted by Crippen LogP contribution is 2.17. The molecular formula is C67H116O6. The lowest BCUT2D eigenvalue weighted by Gasteiger charge is -2.18. The summed E-state index contributed by atoms with van der Waals surface area (Å²) in [4.78, 5) is 38.3. The third-order valence-corrected chi connectivity index (χ3v) is 13.4. The van der Waals surface area contributed by atoms with Gasteiger partial charge in [-0.3, -0.25) is 14.4 Å². The van der Waals surface area contributed by atoms with Gasteiger partial charge in [-0.1, -0.05) is 279 Å². The van der Waals surface area contributed by atoms with E-state index in [4.69, 9.17) is 14.2 Å². The first-order valence-electron chi connectivity index (χ1n) is 31.1. The quantitative estimate of drug-likeness (QED) is 0.0261. The number of hydrogen-bond donors (Lipinski definition) is 0. The Balaban J connectivity index is 4.39. The molecule has 0 aliphatic heterocycles. The smallest absolute Gasteiger partial charge is 0.306 e. The van der Waals surface area contributed by atoms with E-state index in [9.17, 15) is 14.4 Å². The Kier molecular flexibility index (Phi) is 58.3. The number of unbranched alkanes of at least 4 members (excludes halogenated alkanes) is 31. The molecule has 0 saturated heterocycles. The maximum absolute atomic E-state index is 12.9. The van der Waals surface area contributed by atoms with Crippen LogP contribution in [0.3, 0.4) is 0 Å². The molecule has 0 aromatic rings. The summed E-state index contributed by atoms with van der Waals surface area (Å²) >= 11 is 0. The predicted molar refractivity (Wildman–Crippen MR) is 316 cm³/mol. The fourth-order valence-corrected chi connectivity index (χ4v) is 8.72. The molecule has 420 valence electrons. The second-order valence-corrected chi connectivity index (χ2v) is 20.6. The van der Waals surface area contributed by atoms with Crippen LogP contribution >= 0.6 is 0 Å². The summed E-state index contributed by atoms with van der Waals surface area (Å²) in [5, 5.41) is 0. The van der Waals surface area contributed by atoms with Gasteiger partial charge in [-0.25, -0.2) is 0 Å². The van der Waals surface area contributed by atoms with Gasteiger partial charge in [0.2, 0.25) is 0 Å². The highest BCUT2D eigenvalue weighted by Gasteiger charge is 2.19. The highest BCUT2D eigenvalue weighted by molar-refractivity contribution is 5.71. The van der Waals surface area contributed by atoms with Gasteiger partial charge in [-0.2, -0.15) is 0 Å². The number of carbonyl (C=O) groups is 3. The molecule has 0 aliphatic rings. The third-order valence-electron chi connectivity index (χ3n) is 13.4. The van der Waals surface area contributed by atoms with Crippen molar-refractivity contribution in [3.8, 4) is 0 Å². The van der Waals surface area contributed by atoms with Crippen LogP contribution in [0.1, 0.15) is 303 Å². The van der Waals surface area contributed by atoms with Crippen LogP contribution in [0, 0.1) is 0 Å². The average molecular weight is 1020 g/mol. The standard InChI is InChI=1S/C67H116O6/c1-4-7-10-13-16-19-22-25-28-30-32-33-34-36-37-39-42-45-48-51-54-57-60-66(69)72-63-64(62-71-65(68)59-56-53-50-47-44-41-27-24-21-18-15-12-9-6-3)73-67(70)61-58-55-52-49-46-43-40-38-35-31-29-26-23-20-17-14-11-8-5-2/h8,11,15,17-18,20,24,26-27,29,35,38,43,46,64H,4-7,9-10,12-14,16,19,21-23,25,28,30-34,36-37,39-42,44-45,47-63H2,1-3H3/b11-8-,18-15-,20-17-,27-24-,29-26-,38-35-,46-43-. The first-order chi connectivity index (χ1) is 36.0. The molecule has 1 atom stereocenters. The minimum Gasteiger partial charge on any atom is -0.462 e. The molecule has 6 heteroatoms. The van der Waals surface area contributed by atoms with Crippen LogP contribution in [0.25, 0.3) is 0 Å². The first-order valence-corrected chi connectivity index (χ1v) is 31.1. The van der Waals surface area contributed by atoms with Gasteiger partial charge in [0.1, 0.15) is 13.2 Å². The Bertz CT molecular complexity index is 1400. The molecule has 0 aliphatic carbocycles. The fraction of sp³-hybridized carbons (Fsp3) is 0.746. The molecule has 73 heavy (non-hydrogen) atoms. The van der Waals surface area contributed by atoms with Crippen molar-refractivity contribution in [3.63, 3.8) is 0 Å². The topological polar surface area (TPSA) is 78.9 Å². The fourth-order valence-electron chi connectivity index (χ4n) is 8.72. The van der Waals surface area contributed by atoms with E-state index >= 15 is 0 Å². The van der Waals surface area contributed by atoms with Gasteiger partial charge < -0.3 is 14.2 Å². The van der Waals surface area contributed by atoms with Crippen LogP contribution < -0.4 is 0 Å². The van der Waals surface area contributed by atoms with E-state index in [0.29, 0.717) is 12.8 Å². The van der Waals surface area contributed by atoms with Crippen molar-refractivity contribution < 1.29 is 28.6 Å². The van der Waals surface area contributed by atoms with Gasteiger partial charge in [0.05, 0.1) is 0 Å². The number of allylic oxidation sites excluding steroid dienone is 14. The molecular weight excluding hydrogens is 901 g/mol. The Hall–Kier alpha value is -3.41. The summed E-state index contributed by atoms with van der Waals surface area (Å²) in [5.74, 6) is -0.928. The van der Waals surface area contributed by atoms with E-state index in [1.165, 1.54) is 141 Å². The van der Waals surface area contributed by atoms with Crippen molar-refractivity contribution in [2.24, 2.45) is 0 Å². The lowest BCUT2D eigenvalue weighted by molar-refractivity contribution is -0.167. The predicted octanol–water partition coefficient (Wildman–Crippen LogP) is 21.1. The Morgan fingerprint density at radius 3 is 0.890 bits per heavy atom. The van der Waals surface area contributed by atoms with E-state index in [0.717, 1.165) is 122 Å². The van der Waals surface area contributed by atoms with Gasteiger partial charge in [-0.15, -0.1) is 0 Å². The van der Waals surface area contributed by atoms with Crippen molar-refractivity contribution in [1.82, 2.24) is 0 Å². The zero-order valence-electron chi connectivity index (χ0n) is 48.1. The molecule has 0 bridgehead atoms. The van der Waals surface area contributed by atoms with Crippen LogP contribution in [-0.2, 0) is 28.6 Å². The summed E-state index contributed by atoms with van der Waals surface area (Å²) in [5.41, 5.74) is 0. The van der Waals surface area contributed by atoms with E-state index in [2.05, 4.69) is 106 Å². The van der Waals surface area contributed by atoms with Crippen molar-refractivity contribution in [1.29, 1.82) is 0 Å². The summed E-state index contributed by atoms with van der Waals surface area (Å²) in [6.07, 6.45) is 80.2. The second kappa shape index (κ2) is 61.1. The maximum atomic E-state index is 12.9. The minimum absolute atomic E-state index is 0.0924. The first kappa shape index (κ1) is 69.6.